The van der Waals surface area contributed by atoms with Crippen molar-refractivity contribution in [3.05, 3.63) is 85.5 Å². The molecule has 0 aliphatic heterocycles. The Kier molecular flexibility index (Phi) is 7.60. The summed E-state index contributed by atoms with van der Waals surface area (Å²) in [4.78, 5) is 42.5. The second-order valence-electron chi connectivity index (χ2n) is 12.6. The number of fused-ring (bicyclic) bond motifs is 2. The van der Waals surface area contributed by atoms with Crippen LogP contribution in [0.4, 0.5) is 13.8 Å². The van der Waals surface area contributed by atoms with Crippen molar-refractivity contribution in [2.45, 2.75) is 58.9 Å². The SMILES string of the molecule is COc1ccc(C(=O)c2c(NC(=O)c3cn(C4CC4)c4c(OC)c(F)c(F)cc4c3=O)sc3c2CCC(C(C)(C)C)C3)cc1. The molecule has 2 aromatic heterocycles. The summed E-state index contributed by atoms with van der Waals surface area (Å²) in [6.07, 6.45) is 5.28. The first-order valence-corrected chi connectivity index (χ1v) is 15.5. The van der Waals surface area contributed by atoms with Gasteiger partial charge in [-0.15, -0.1) is 11.3 Å². The molecule has 2 aliphatic rings. The lowest BCUT2D eigenvalue weighted by molar-refractivity contribution is 0.102. The average molecular weight is 621 g/mol. The highest BCUT2D eigenvalue weighted by Gasteiger charge is 2.35. The zero-order valence-corrected chi connectivity index (χ0v) is 26.1. The predicted molar refractivity (Wildman–Crippen MR) is 167 cm³/mol. The van der Waals surface area contributed by atoms with Crippen molar-refractivity contribution in [3.63, 3.8) is 0 Å². The van der Waals surface area contributed by atoms with Gasteiger partial charge in [0.2, 0.25) is 11.2 Å². The van der Waals surface area contributed by atoms with Crippen LogP contribution in [0.1, 0.15) is 82.8 Å². The van der Waals surface area contributed by atoms with Crippen molar-refractivity contribution in [1.82, 2.24) is 4.57 Å². The van der Waals surface area contributed by atoms with Gasteiger partial charge in [-0.05, 0) is 79.3 Å². The predicted octanol–water partition coefficient (Wildman–Crippen LogP) is 7.33. The van der Waals surface area contributed by atoms with E-state index in [1.54, 1.807) is 35.9 Å². The minimum atomic E-state index is -1.24. The van der Waals surface area contributed by atoms with Crippen molar-refractivity contribution >= 4 is 38.9 Å². The van der Waals surface area contributed by atoms with Crippen LogP contribution in [0.3, 0.4) is 0 Å². The standard InChI is InChI=1S/C34H34F2N2O5S/c1-34(2,3)18-8-13-21-25(14-18)44-33(26(21)29(39)17-6-11-20(42-4)12-7-17)37-32(41)23-16-38(19-9-10-19)28-22(30(23)40)15-24(35)27(36)31(28)43-5/h6-7,11-12,15-16,18-19H,8-10,13-14H2,1-5H3,(H,37,41). The molecule has 10 heteroatoms. The maximum Gasteiger partial charge on any atom is 0.261 e. The van der Waals surface area contributed by atoms with Gasteiger partial charge >= 0.3 is 0 Å². The van der Waals surface area contributed by atoms with E-state index < -0.39 is 23.0 Å². The molecule has 1 atom stereocenters. The van der Waals surface area contributed by atoms with E-state index in [-0.39, 0.29) is 39.5 Å². The summed E-state index contributed by atoms with van der Waals surface area (Å²) in [5.41, 5.74) is 1.01. The van der Waals surface area contributed by atoms with Crippen LogP contribution in [0.2, 0.25) is 0 Å². The first kappa shape index (κ1) is 30.0. The number of carbonyl (C=O) groups excluding carboxylic acids is 2. The minimum absolute atomic E-state index is 0.0695. The number of rotatable bonds is 7. The van der Waals surface area contributed by atoms with Gasteiger partial charge in [0.15, 0.2) is 17.3 Å². The number of ether oxygens (including phenoxy) is 2. The molecule has 1 amide bonds. The number of methoxy groups -OCH3 is 2. The Morgan fingerprint density at radius 2 is 1.75 bits per heavy atom. The molecule has 0 spiro atoms. The maximum absolute atomic E-state index is 14.7. The van der Waals surface area contributed by atoms with E-state index in [2.05, 4.69) is 26.1 Å². The molecule has 0 saturated heterocycles. The summed E-state index contributed by atoms with van der Waals surface area (Å²) in [5.74, 6) is -2.73. The molecule has 4 aromatic rings. The number of pyridine rings is 1. The van der Waals surface area contributed by atoms with Crippen LogP contribution in [0.15, 0.2) is 41.3 Å². The number of hydrogen-bond acceptors (Lipinski definition) is 6. The van der Waals surface area contributed by atoms with E-state index in [0.717, 1.165) is 42.2 Å². The van der Waals surface area contributed by atoms with E-state index in [4.69, 9.17) is 9.47 Å². The van der Waals surface area contributed by atoms with Crippen LogP contribution in [0.5, 0.6) is 11.5 Å². The number of halogens is 2. The van der Waals surface area contributed by atoms with Gasteiger partial charge in [0.05, 0.1) is 30.7 Å². The summed E-state index contributed by atoms with van der Waals surface area (Å²) in [7, 11) is 2.76. The topological polar surface area (TPSA) is 86.6 Å². The smallest absolute Gasteiger partial charge is 0.261 e. The number of hydrogen-bond donors (Lipinski definition) is 1. The van der Waals surface area contributed by atoms with Crippen LogP contribution in [-0.2, 0) is 12.8 Å². The van der Waals surface area contributed by atoms with Gasteiger partial charge in [-0.2, -0.15) is 4.39 Å². The Morgan fingerprint density at radius 3 is 2.36 bits per heavy atom. The molecule has 1 saturated carbocycles. The normalized spacial score (nSPS) is 16.5. The lowest BCUT2D eigenvalue weighted by Crippen LogP contribution is -2.26. The lowest BCUT2D eigenvalue weighted by atomic mass is 9.72. The summed E-state index contributed by atoms with van der Waals surface area (Å²) in [5, 5.41) is 3.11. The fourth-order valence-electron chi connectivity index (χ4n) is 6.13. The van der Waals surface area contributed by atoms with Crippen molar-refractivity contribution in [1.29, 1.82) is 0 Å². The number of benzene rings is 2. The van der Waals surface area contributed by atoms with Crippen LogP contribution in [0.25, 0.3) is 10.9 Å². The molecule has 1 N–H and O–H groups in total. The molecule has 6 rings (SSSR count). The number of carbonyl (C=O) groups is 2. The molecule has 2 aliphatic carbocycles. The third kappa shape index (κ3) is 5.19. The van der Waals surface area contributed by atoms with E-state index >= 15 is 0 Å². The first-order chi connectivity index (χ1) is 20.9. The summed E-state index contributed by atoms with van der Waals surface area (Å²) in [6, 6.07) is 7.54. The highest BCUT2D eigenvalue weighted by Crippen LogP contribution is 2.45. The van der Waals surface area contributed by atoms with Crippen molar-refractivity contribution < 1.29 is 27.8 Å². The second-order valence-corrected chi connectivity index (χ2v) is 13.7. The average Bonchev–Trinajstić information content (AvgIpc) is 3.78. The third-order valence-electron chi connectivity index (χ3n) is 8.85. The molecule has 2 aromatic carbocycles. The second kappa shape index (κ2) is 11.1. The van der Waals surface area contributed by atoms with E-state index in [1.807, 2.05) is 0 Å². The molecule has 230 valence electrons. The fourth-order valence-corrected chi connectivity index (χ4v) is 7.45. The molecule has 1 fully saturated rings. The van der Waals surface area contributed by atoms with Gasteiger partial charge in [-0.3, -0.25) is 14.4 Å². The van der Waals surface area contributed by atoms with E-state index in [1.165, 1.54) is 24.6 Å². The monoisotopic (exact) mass is 620 g/mol. The van der Waals surface area contributed by atoms with Gasteiger partial charge in [0, 0.05) is 22.7 Å². The quantitative estimate of drug-likeness (QED) is 0.219. The minimum Gasteiger partial charge on any atom is -0.497 e. The van der Waals surface area contributed by atoms with Gasteiger partial charge in [-0.25, -0.2) is 4.39 Å². The Balaban J connectivity index is 1.45. The van der Waals surface area contributed by atoms with Crippen LogP contribution < -0.4 is 20.2 Å². The van der Waals surface area contributed by atoms with Crippen molar-refractivity contribution in [2.75, 3.05) is 19.5 Å². The Hall–Kier alpha value is -4.05. The van der Waals surface area contributed by atoms with Crippen molar-refractivity contribution in [3.8, 4) is 11.5 Å². The van der Waals surface area contributed by atoms with Gasteiger partial charge in [0.25, 0.3) is 5.91 Å². The lowest BCUT2D eigenvalue weighted by Gasteiger charge is -2.33. The highest BCUT2D eigenvalue weighted by atomic mass is 32.1. The highest BCUT2D eigenvalue weighted by molar-refractivity contribution is 7.17. The number of thiophene rings is 1. The van der Waals surface area contributed by atoms with Crippen LogP contribution >= 0.6 is 11.3 Å². The number of nitrogens with zero attached hydrogens (tertiary/aromatic N) is 1. The molecular weight excluding hydrogens is 586 g/mol. The van der Waals surface area contributed by atoms with Crippen LogP contribution in [-0.4, -0.2) is 30.5 Å². The van der Waals surface area contributed by atoms with Gasteiger partial charge in [-0.1, -0.05) is 20.8 Å². The molecule has 0 bridgehead atoms. The van der Waals surface area contributed by atoms with E-state index in [9.17, 15) is 23.2 Å². The zero-order valence-electron chi connectivity index (χ0n) is 25.3. The molecule has 2 heterocycles. The Bertz CT molecular complexity index is 1870. The third-order valence-corrected chi connectivity index (χ3v) is 10.0. The molecule has 44 heavy (non-hydrogen) atoms. The number of nitrogens with one attached hydrogen (secondary N) is 1. The van der Waals surface area contributed by atoms with Gasteiger partial charge < -0.3 is 19.4 Å². The number of ketones is 1. The molecular formula is C34H34F2N2O5S. The number of amides is 1. The molecule has 0 radical (unpaired) electrons. The largest absolute Gasteiger partial charge is 0.497 e. The number of aromatic nitrogens is 1. The van der Waals surface area contributed by atoms with Crippen LogP contribution in [0, 0.1) is 23.0 Å². The fraction of sp³-hybridized carbons (Fsp3) is 0.382. The van der Waals surface area contributed by atoms with E-state index in [0.29, 0.717) is 34.2 Å². The molecule has 7 nitrogen and oxygen atoms in total. The molecule has 1 unspecified atom stereocenters. The maximum atomic E-state index is 14.7. The summed E-state index contributed by atoms with van der Waals surface area (Å²) in [6.45, 7) is 6.62. The van der Waals surface area contributed by atoms with Crippen molar-refractivity contribution in [2.24, 2.45) is 11.3 Å². The first-order valence-electron chi connectivity index (χ1n) is 14.7. The number of anilines is 1. The Labute approximate surface area is 257 Å². The van der Waals surface area contributed by atoms with Gasteiger partial charge in [0.1, 0.15) is 16.3 Å². The zero-order chi connectivity index (χ0) is 31.5. The summed E-state index contributed by atoms with van der Waals surface area (Å²) >= 11 is 1.36. The Morgan fingerprint density at radius 1 is 1.05 bits per heavy atom. The summed E-state index contributed by atoms with van der Waals surface area (Å²) < 4.78 is 41.3.